The van der Waals surface area contributed by atoms with Gasteiger partial charge in [-0.25, -0.2) is 4.98 Å². The van der Waals surface area contributed by atoms with E-state index in [2.05, 4.69) is 15.6 Å². The number of para-hydroxylation sites is 1. The number of aryl methyl sites for hydroxylation is 1. The Bertz CT molecular complexity index is 1020. The maximum atomic E-state index is 12.8. The highest BCUT2D eigenvalue weighted by molar-refractivity contribution is 6.05. The topological polar surface area (TPSA) is 76.0 Å². The fraction of sp³-hybridized carbons (Fsp3) is 0.261. The van der Waals surface area contributed by atoms with E-state index < -0.39 is 0 Å². The summed E-state index contributed by atoms with van der Waals surface area (Å²) in [4.78, 5) is 30.1. The van der Waals surface area contributed by atoms with Gasteiger partial charge in [0.1, 0.15) is 0 Å². The Hall–Kier alpha value is -3.41. The van der Waals surface area contributed by atoms with Crippen molar-refractivity contribution in [2.75, 3.05) is 5.32 Å². The van der Waals surface area contributed by atoms with Crippen LogP contribution in [0.3, 0.4) is 0 Å². The van der Waals surface area contributed by atoms with Crippen LogP contribution in [0, 0.1) is 6.92 Å². The Morgan fingerprint density at radius 3 is 2.52 bits per heavy atom. The molecule has 0 radical (unpaired) electrons. The lowest BCUT2D eigenvalue weighted by Crippen LogP contribution is -2.27. The van der Waals surface area contributed by atoms with E-state index >= 15 is 0 Å². The van der Waals surface area contributed by atoms with Crippen molar-refractivity contribution < 1.29 is 9.59 Å². The quantitative estimate of drug-likeness (QED) is 0.700. The molecule has 0 bridgehead atoms. The van der Waals surface area contributed by atoms with Crippen molar-refractivity contribution in [3.63, 3.8) is 0 Å². The van der Waals surface area contributed by atoms with Crippen LogP contribution in [-0.2, 0) is 19.5 Å². The van der Waals surface area contributed by atoms with Crippen LogP contribution in [0.5, 0.6) is 0 Å². The lowest BCUT2D eigenvalue weighted by molar-refractivity contribution is 0.0935. The van der Waals surface area contributed by atoms with Crippen molar-refractivity contribution in [3.05, 3.63) is 82.9 Å². The Morgan fingerprint density at radius 2 is 1.76 bits per heavy atom. The molecule has 0 fully saturated rings. The van der Waals surface area contributed by atoms with E-state index in [1.165, 1.54) is 5.56 Å². The molecule has 1 aliphatic rings. The van der Waals surface area contributed by atoms with Crippen LogP contribution in [0.15, 0.2) is 54.6 Å². The molecule has 0 unspecified atom stereocenters. The Morgan fingerprint density at radius 1 is 1.00 bits per heavy atom. The molecule has 1 aliphatic heterocycles. The molecule has 2 N–H and O–H groups in total. The van der Waals surface area contributed by atoms with Crippen molar-refractivity contribution in [1.82, 2.24) is 14.9 Å². The van der Waals surface area contributed by atoms with Crippen molar-refractivity contribution in [1.29, 1.82) is 0 Å². The number of hydrogen-bond acceptors (Lipinski definition) is 3. The number of imidazole rings is 1. The summed E-state index contributed by atoms with van der Waals surface area (Å²) in [6.07, 6.45) is 2.71. The number of aromatic nitrogens is 2. The number of anilines is 1. The summed E-state index contributed by atoms with van der Waals surface area (Å²) >= 11 is 0. The minimum atomic E-state index is -0.278. The van der Waals surface area contributed by atoms with Crippen molar-refractivity contribution in [3.8, 4) is 0 Å². The maximum Gasteiger partial charge on any atom is 0.287 e. The minimum Gasteiger partial charge on any atom is -0.345 e. The summed E-state index contributed by atoms with van der Waals surface area (Å²) in [5.41, 5.74) is 4.09. The van der Waals surface area contributed by atoms with Gasteiger partial charge in [-0.05, 0) is 43.9 Å². The van der Waals surface area contributed by atoms with Crippen LogP contribution in [0.4, 0.5) is 5.69 Å². The smallest absolute Gasteiger partial charge is 0.287 e. The first-order valence-electron chi connectivity index (χ1n) is 9.91. The average Bonchev–Trinajstić information content (AvgIpc) is 3.14. The van der Waals surface area contributed by atoms with E-state index in [0.717, 1.165) is 30.5 Å². The van der Waals surface area contributed by atoms with Crippen LogP contribution < -0.4 is 10.6 Å². The predicted molar refractivity (Wildman–Crippen MR) is 112 cm³/mol. The molecule has 0 atom stereocenters. The maximum absolute atomic E-state index is 12.8. The van der Waals surface area contributed by atoms with E-state index in [9.17, 15) is 9.59 Å². The normalized spacial score (nSPS) is 12.9. The van der Waals surface area contributed by atoms with Gasteiger partial charge in [0.15, 0.2) is 11.5 Å². The van der Waals surface area contributed by atoms with E-state index in [-0.39, 0.29) is 11.8 Å². The largest absolute Gasteiger partial charge is 0.345 e. The molecule has 0 spiro atoms. The van der Waals surface area contributed by atoms with Gasteiger partial charge in [-0.1, -0.05) is 48.0 Å². The highest BCUT2D eigenvalue weighted by Crippen LogP contribution is 2.22. The number of rotatable bonds is 5. The van der Waals surface area contributed by atoms with E-state index in [1.54, 1.807) is 0 Å². The molecular weight excluding hydrogens is 364 g/mol. The van der Waals surface area contributed by atoms with Crippen LogP contribution in [0.25, 0.3) is 0 Å². The highest BCUT2D eigenvalue weighted by atomic mass is 16.2. The fourth-order valence-electron chi connectivity index (χ4n) is 3.58. The molecule has 2 heterocycles. The van der Waals surface area contributed by atoms with Crippen LogP contribution in [-0.4, -0.2) is 21.4 Å². The molecule has 3 aromatic rings. The summed E-state index contributed by atoms with van der Waals surface area (Å²) in [5.74, 6) is -0.225. The zero-order chi connectivity index (χ0) is 20.2. The summed E-state index contributed by atoms with van der Waals surface area (Å²) in [7, 11) is 0. The summed E-state index contributed by atoms with van der Waals surface area (Å²) in [6, 6.07) is 17.3. The number of carbonyl (C=O) groups is 2. The Kier molecular flexibility index (Phi) is 5.42. The van der Waals surface area contributed by atoms with E-state index in [0.29, 0.717) is 30.3 Å². The molecule has 148 valence electrons. The second-order valence-corrected chi connectivity index (χ2v) is 7.33. The second-order valence-electron chi connectivity index (χ2n) is 7.33. The third-order valence-electron chi connectivity index (χ3n) is 5.14. The van der Waals surface area contributed by atoms with Gasteiger partial charge >= 0.3 is 0 Å². The van der Waals surface area contributed by atoms with E-state index in [1.807, 2.05) is 66.1 Å². The molecule has 0 aliphatic carbocycles. The third-order valence-corrected chi connectivity index (χ3v) is 5.14. The lowest BCUT2D eigenvalue weighted by atomic mass is 10.1. The van der Waals surface area contributed by atoms with Gasteiger partial charge in [0, 0.05) is 18.8 Å². The molecule has 29 heavy (non-hydrogen) atoms. The van der Waals surface area contributed by atoms with Crippen molar-refractivity contribution >= 4 is 17.5 Å². The van der Waals surface area contributed by atoms with Crippen molar-refractivity contribution in [2.24, 2.45) is 0 Å². The van der Waals surface area contributed by atoms with Gasteiger partial charge in [-0.15, -0.1) is 0 Å². The Balaban J connectivity index is 1.54. The van der Waals surface area contributed by atoms with Gasteiger partial charge < -0.3 is 15.2 Å². The van der Waals surface area contributed by atoms with Crippen molar-refractivity contribution in [2.45, 2.75) is 39.3 Å². The zero-order valence-electron chi connectivity index (χ0n) is 16.4. The summed E-state index contributed by atoms with van der Waals surface area (Å²) in [6.45, 7) is 3.16. The second kappa shape index (κ2) is 8.31. The first-order chi connectivity index (χ1) is 14.1. The third kappa shape index (κ3) is 4.21. The zero-order valence-corrected chi connectivity index (χ0v) is 16.4. The highest BCUT2D eigenvalue weighted by Gasteiger charge is 2.27. The summed E-state index contributed by atoms with van der Waals surface area (Å²) < 4.78 is 1.90. The SMILES string of the molecule is Cc1ccc(CNC(=O)c2nc(C(=O)Nc3ccccc3)c3n2CCCC3)cc1. The molecule has 0 saturated heterocycles. The first-order valence-corrected chi connectivity index (χ1v) is 9.91. The molecule has 6 heteroatoms. The van der Waals surface area contributed by atoms with E-state index in [4.69, 9.17) is 0 Å². The molecule has 1 aromatic heterocycles. The first kappa shape index (κ1) is 18.9. The molecule has 4 rings (SSSR count). The predicted octanol–water partition coefficient (Wildman–Crippen LogP) is 3.71. The molecular formula is C23H24N4O2. The van der Waals surface area contributed by atoms with Gasteiger partial charge in [0.2, 0.25) is 0 Å². The molecule has 2 amide bonds. The van der Waals surface area contributed by atoms with Gasteiger partial charge in [0.25, 0.3) is 11.8 Å². The van der Waals surface area contributed by atoms with Gasteiger partial charge in [-0.2, -0.15) is 0 Å². The van der Waals surface area contributed by atoms with Gasteiger partial charge in [-0.3, -0.25) is 9.59 Å². The number of fused-ring (bicyclic) bond motifs is 1. The number of amides is 2. The van der Waals surface area contributed by atoms with Crippen LogP contribution >= 0.6 is 0 Å². The number of benzene rings is 2. The lowest BCUT2D eigenvalue weighted by Gasteiger charge is -2.17. The number of carbonyl (C=O) groups excluding carboxylic acids is 2. The molecule has 2 aromatic carbocycles. The number of hydrogen-bond donors (Lipinski definition) is 2. The standard InChI is InChI=1S/C23H24N4O2/c1-16-10-12-17(13-11-16)15-24-23(29)21-26-20(19-9-5-6-14-27(19)21)22(28)25-18-7-3-2-4-8-18/h2-4,7-8,10-13H,5-6,9,14-15H2,1H3,(H,24,29)(H,25,28). The number of nitrogens with one attached hydrogen (secondary N) is 2. The Labute approximate surface area is 170 Å². The number of nitrogens with zero attached hydrogens (tertiary/aromatic N) is 2. The minimum absolute atomic E-state index is 0.257. The monoisotopic (exact) mass is 388 g/mol. The fourth-order valence-corrected chi connectivity index (χ4v) is 3.58. The van der Waals surface area contributed by atoms with Gasteiger partial charge in [0.05, 0.1) is 5.69 Å². The van der Waals surface area contributed by atoms with Crippen LogP contribution in [0.1, 0.15) is 50.8 Å². The average molecular weight is 388 g/mol. The molecule has 0 saturated carbocycles. The molecule has 6 nitrogen and oxygen atoms in total. The van der Waals surface area contributed by atoms with Crippen LogP contribution in [0.2, 0.25) is 0 Å². The summed E-state index contributed by atoms with van der Waals surface area (Å²) in [5, 5.41) is 5.81.